The molecule has 2 aromatic rings. The molecule has 2 aromatic carbocycles. The van der Waals surface area contributed by atoms with E-state index in [0.717, 1.165) is 31.2 Å². The molecule has 164 valence electrons. The monoisotopic (exact) mass is 422 g/mol. The molecule has 1 saturated carbocycles. The van der Waals surface area contributed by atoms with Gasteiger partial charge in [-0.3, -0.25) is 9.59 Å². The van der Waals surface area contributed by atoms with Crippen LogP contribution in [0.5, 0.6) is 0 Å². The number of rotatable bonds is 8. The van der Waals surface area contributed by atoms with Crippen molar-refractivity contribution < 1.29 is 19.1 Å². The number of amides is 2. The molecule has 0 unspecified atom stereocenters. The van der Waals surface area contributed by atoms with Crippen LogP contribution in [0.2, 0.25) is 0 Å². The first-order chi connectivity index (χ1) is 15.1. The molecule has 0 saturated heterocycles. The SMILES string of the molecule is O=C(COC(=O)[C@@H](Cc1ccccc1)NC(=O)c1ccccc1)NC1CCCCCC1. The normalized spacial score (nSPS) is 15.4. The van der Waals surface area contributed by atoms with Gasteiger partial charge in [0.15, 0.2) is 6.61 Å². The fourth-order valence-corrected chi connectivity index (χ4v) is 3.80. The van der Waals surface area contributed by atoms with Crippen LogP contribution < -0.4 is 10.6 Å². The quantitative estimate of drug-likeness (QED) is 0.504. The molecular formula is C25H30N2O4. The molecule has 6 heteroatoms. The van der Waals surface area contributed by atoms with Crippen LogP contribution in [0.15, 0.2) is 60.7 Å². The van der Waals surface area contributed by atoms with Gasteiger partial charge in [-0.1, -0.05) is 74.2 Å². The van der Waals surface area contributed by atoms with Crippen LogP contribution in [-0.4, -0.2) is 36.5 Å². The largest absolute Gasteiger partial charge is 0.454 e. The molecule has 1 atom stereocenters. The number of hydrogen-bond acceptors (Lipinski definition) is 4. The second-order valence-electron chi connectivity index (χ2n) is 7.95. The standard InChI is InChI=1S/C25H30N2O4/c28-23(26-21-15-9-1-2-10-16-21)18-31-25(30)22(17-19-11-5-3-6-12-19)27-24(29)20-13-7-4-8-14-20/h3-8,11-14,21-22H,1-2,9-10,15-18H2,(H,26,28)(H,27,29)/t22-/m1/s1. The Morgan fingerprint density at radius 2 is 1.48 bits per heavy atom. The predicted octanol–water partition coefficient (Wildman–Crippen LogP) is 3.41. The van der Waals surface area contributed by atoms with Crippen molar-refractivity contribution in [3.8, 4) is 0 Å². The molecule has 0 aromatic heterocycles. The highest BCUT2D eigenvalue weighted by Gasteiger charge is 2.24. The van der Waals surface area contributed by atoms with E-state index in [0.29, 0.717) is 5.56 Å². The van der Waals surface area contributed by atoms with Gasteiger partial charge in [0.25, 0.3) is 11.8 Å². The van der Waals surface area contributed by atoms with Crippen molar-refractivity contribution in [2.45, 2.75) is 57.0 Å². The lowest BCUT2D eigenvalue weighted by molar-refractivity contribution is -0.150. The van der Waals surface area contributed by atoms with Crippen LogP contribution in [0, 0.1) is 0 Å². The molecule has 0 radical (unpaired) electrons. The van der Waals surface area contributed by atoms with E-state index in [4.69, 9.17) is 4.74 Å². The lowest BCUT2D eigenvalue weighted by atomic mass is 10.1. The van der Waals surface area contributed by atoms with Gasteiger partial charge >= 0.3 is 5.97 Å². The number of ether oxygens (including phenoxy) is 1. The van der Waals surface area contributed by atoms with Crippen LogP contribution in [0.3, 0.4) is 0 Å². The lowest BCUT2D eigenvalue weighted by Gasteiger charge is -2.19. The lowest BCUT2D eigenvalue weighted by Crippen LogP contribution is -2.45. The average Bonchev–Trinajstić information content (AvgIpc) is 3.07. The molecule has 2 amide bonds. The van der Waals surface area contributed by atoms with E-state index in [1.807, 2.05) is 36.4 Å². The zero-order chi connectivity index (χ0) is 21.9. The first kappa shape index (κ1) is 22.5. The Morgan fingerprint density at radius 3 is 2.13 bits per heavy atom. The molecule has 3 rings (SSSR count). The van der Waals surface area contributed by atoms with Crippen molar-refractivity contribution in [3.05, 3.63) is 71.8 Å². The Morgan fingerprint density at radius 1 is 0.871 bits per heavy atom. The fourth-order valence-electron chi connectivity index (χ4n) is 3.80. The summed E-state index contributed by atoms with van der Waals surface area (Å²) < 4.78 is 5.28. The first-order valence-corrected chi connectivity index (χ1v) is 11.0. The fraction of sp³-hybridized carbons (Fsp3) is 0.400. The maximum atomic E-state index is 12.7. The molecule has 31 heavy (non-hydrogen) atoms. The topological polar surface area (TPSA) is 84.5 Å². The molecule has 0 heterocycles. The zero-order valence-corrected chi connectivity index (χ0v) is 17.7. The van der Waals surface area contributed by atoms with E-state index in [-0.39, 0.29) is 30.9 Å². The molecule has 0 bridgehead atoms. The first-order valence-electron chi connectivity index (χ1n) is 11.0. The van der Waals surface area contributed by atoms with E-state index < -0.39 is 12.0 Å². The Labute approximate surface area is 183 Å². The highest BCUT2D eigenvalue weighted by atomic mass is 16.5. The second kappa shape index (κ2) is 11.9. The van der Waals surface area contributed by atoms with Gasteiger partial charge in [-0.25, -0.2) is 4.79 Å². The van der Waals surface area contributed by atoms with Crippen molar-refractivity contribution >= 4 is 17.8 Å². The van der Waals surface area contributed by atoms with Gasteiger partial charge in [0.1, 0.15) is 6.04 Å². The van der Waals surface area contributed by atoms with E-state index in [1.165, 1.54) is 12.8 Å². The number of benzene rings is 2. The molecule has 6 nitrogen and oxygen atoms in total. The van der Waals surface area contributed by atoms with E-state index in [1.54, 1.807) is 24.3 Å². The van der Waals surface area contributed by atoms with Gasteiger partial charge in [-0.15, -0.1) is 0 Å². The van der Waals surface area contributed by atoms with Crippen LogP contribution in [0.1, 0.15) is 54.4 Å². The molecule has 1 fully saturated rings. The summed E-state index contributed by atoms with van der Waals surface area (Å²) in [5.41, 5.74) is 1.35. The third kappa shape index (κ3) is 7.55. The molecule has 0 spiro atoms. The van der Waals surface area contributed by atoms with Crippen molar-refractivity contribution in [3.63, 3.8) is 0 Å². The van der Waals surface area contributed by atoms with Crippen LogP contribution in [0.4, 0.5) is 0 Å². The molecule has 2 N–H and O–H groups in total. The van der Waals surface area contributed by atoms with Gasteiger partial charge in [-0.2, -0.15) is 0 Å². The Hall–Kier alpha value is -3.15. The predicted molar refractivity (Wildman–Crippen MR) is 118 cm³/mol. The number of hydrogen-bond donors (Lipinski definition) is 2. The summed E-state index contributed by atoms with van der Waals surface area (Å²) in [6, 6.07) is 17.4. The Balaban J connectivity index is 1.58. The molecular weight excluding hydrogens is 392 g/mol. The van der Waals surface area contributed by atoms with E-state index in [9.17, 15) is 14.4 Å². The highest BCUT2D eigenvalue weighted by molar-refractivity contribution is 5.97. The summed E-state index contributed by atoms with van der Waals surface area (Å²) in [7, 11) is 0. The Kier molecular flexibility index (Phi) is 8.64. The summed E-state index contributed by atoms with van der Waals surface area (Å²) in [6.07, 6.45) is 6.81. The smallest absolute Gasteiger partial charge is 0.329 e. The number of carbonyl (C=O) groups is 3. The summed E-state index contributed by atoms with van der Waals surface area (Å²) in [4.78, 5) is 37.6. The van der Waals surface area contributed by atoms with Crippen LogP contribution >= 0.6 is 0 Å². The molecule has 1 aliphatic carbocycles. The summed E-state index contributed by atoms with van der Waals surface area (Å²) >= 11 is 0. The van der Waals surface area contributed by atoms with E-state index >= 15 is 0 Å². The van der Waals surface area contributed by atoms with Crippen LogP contribution in [0.25, 0.3) is 0 Å². The minimum Gasteiger partial charge on any atom is -0.454 e. The zero-order valence-electron chi connectivity index (χ0n) is 17.7. The van der Waals surface area contributed by atoms with Gasteiger partial charge in [0.05, 0.1) is 0 Å². The summed E-state index contributed by atoms with van der Waals surface area (Å²) in [5, 5.41) is 5.72. The summed E-state index contributed by atoms with van der Waals surface area (Å²) in [5.74, 6) is -1.28. The average molecular weight is 423 g/mol. The minimum absolute atomic E-state index is 0.145. The van der Waals surface area contributed by atoms with Gasteiger partial charge in [-0.05, 0) is 30.5 Å². The molecule has 0 aliphatic heterocycles. The Bertz CT molecular complexity index is 846. The summed E-state index contributed by atoms with van der Waals surface area (Å²) in [6.45, 7) is -0.345. The van der Waals surface area contributed by atoms with Gasteiger partial charge < -0.3 is 15.4 Å². The van der Waals surface area contributed by atoms with Crippen molar-refractivity contribution in [2.24, 2.45) is 0 Å². The second-order valence-corrected chi connectivity index (χ2v) is 7.95. The molecule has 1 aliphatic rings. The maximum absolute atomic E-state index is 12.7. The number of nitrogens with one attached hydrogen (secondary N) is 2. The maximum Gasteiger partial charge on any atom is 0.329 e. The van der Waals surface area contributed by atoms with E-state index in [2.05, 4.69) is 10.6 Å². The van der Waals surface area contributed by atoms with Crippen molar-refractivity contribution in [2.75, 3.05) is 6.61 Å². The third-order valence-corrected chi connectivity index (χ3v) is 5.47. The number of esters is 1. The van der Waals surface area contributed by atoms with Crippen LogP contribution in [-0.2, 0) is 20.7 Å². The highest BCUT2D eigenvalue weighted by Crippen LogP contribution is 2.17. The van der Waals surface area contributed by atoms with Gasteiger partial charge in [0, 0.05) is 18.0 Å². The minimum atomic E-state index is -0.888. The van der Waals surface area contributed by atoms with Crippen molar-refractivity contribution in [1.82, 2.24) is 10.6 Å². The third-order valence-electron chi connectivity index (χ3n) is 5.47. The number of carbonyl (C=O) groups excluding carboxylic acids is 3. The van der Waals surface area contributed by atoms with Gasteiger partial charge in [0.2, 0.25) is 0 Å². The van der Waals surface area contributed by atoms with Crippen molar-refractivity contribution in [1.29, 1.82) is 0 Å².